The number of esters is 1. The van der Waals surface area contributed by atoms with Crippen LogP contribution in [-0.4, -0.2) is 77.8 Å². The Morgan fingerprint density at radius 3 is 2.38 bits per heavy atom. The van der Waals surface area contributed by atoms with E-state index in [-0.39, 0.29) is 36.4 Å². The van der Waals surface area contributed by atoms with Gasteiger partial charge in [-0.05, 0) is 39.0 Å². The molecule has 0 aromatic rings. The minimum absolute atomic E-state index is 0.0685. The van der Waals surface area contributed by atoms with Crippen LogP contribution in [0, 0.1) is 5.92 Å². The summed E-state index contributed by atoms with van der Waals surface area (Å²) in [7, 11) is 0. The van der Waals surface area contributed by atoms with E-state index < -0.39 is 6.47 Å². The SMILES string of the molecule is CCCCCCCCC[C@@H]1C[C@@H]2CC[C@H]3[C@@H](C(=O)OCCCCN=C(N)N)[C@@H](C)NC(=[N+]23)N1.O=CO.O=C[O-]. The van der Waals surface area contributed by atoms with Crippen LogP contribution in [0.3, 0.4) is 0 Å². The molecule has 0 spiro atoms. The highest BCUT2D eigenvalue weighted by molar-refractivity contribution is 5.81. The molecule has 224 valence electrons. The molecule has 3 aliphatic heterocycles. The smallest absolute Gasteiger partial charge is 0.346 e. The fourth-order valence-corrected chi connectivity index (χ4v) is 5.84. The molecular weight excluding hydrogens is 504 g/mol. The molecular formula is C27H50N6O6. The second-order valence-corrected chi connectivity index (χ2v) is 10.4. The molecule has 12 nitrogen and oxygen atoms in total. The summed E-state index contributed by atoms with van der Waals surface area (Å²) in [6, 6.07) is 1.39. The van der Waals surface area contributed by atoms with Crippen molar-refractivity contribution in [1.82, 2.24) is 10.6 Å². The lowest BCUT2D eigenvalue weighted by atomic mass is 9.89. The average Bonchev–Trinajstić information content (AvgIpc) is 3.30. The highest BCUT2D eigenvalue weighted by atomic mass is 16.5. The van der Waals surface area contributed by atoms with Gasteiger partial charge < -0.3 is 31.2 Å². The Balaban J connectivity index is 0.00000116. The van der Waals surface area contributed by atoms with E-state index in [1.807, 2.05) is 0 Å². The number of ether oxygens (including phenoxy) is 1. The van der Waals surface area contributed by atoms with Gasteiger partial charge in [-0.25, -0.2) is 0 Å². The number of nitrogens with zero attached hydrogens (tertiary/aromatic N) is 2. The Hall–Kier alpha value is -3.05. The zero-order valence-corrected chi connectivity index (χ0v) is 23.7. The van der Waals surface area contributed by atoms with Gasteiger partial charge in [0.1, 0.15) is 5.92 Å². The molecule has 1 fully saturated rings. The van der Waals surface area contributed by atoms with Crippen molar-refractivity contribution >= 4 is 30.8 Å². The number of carbonyl (C=O) groups is 3. The minimum Gasteiger partial charge on any atom is -0.554 e. The molecule has 3 rings (SSSR count). The Labute approximate surface area is 232 Å². The first-order chi connectivity index (χ1) is 18.8. The Morgan fingerprint density at radius 1 is 1.10 bits per heavy atom. The number of hydrogen-bond acceptors (Lipinski definition) is 8. The van der Waals surface area contributed by atoms with Crippen molar-refractivity contribution in [2.45, 2.75) is 121 Å². The lowest BCUT2D eigenvalue weighted by Gasteiger charge is -2.38. The summed E-state index contributed by atoms with van der Waals surface area (Å²) < 4.78 is 8.13. The van der Waals surface area contributed by atoms with E-state index in [0.29, 0.717) is 25.2 Å². The number of guanidine groups is 2. The molecule has 39 heavy (non-hydrogen) atoms. The van der Waals surface area contributed by atoms with Crippen molar-refractivity contribution in [2.24, 2.45) is 22.4 Å². The number of hydrogen-bond donors (Lipinski definition) is 5. The van der Waals surface area contributed by atoms with E-state index in [2.05, 4.69) is 34.0 Å². The monoisotopic (exact) mass is 554 g/mol. The number of nitrogens with two attached hydrogens (primary N) is 2. The minimum atomic E-state index is -0.500. The van der Waals surface area contributed by atoms with Crippen LogP contribution >= 0.6 is 0 Å². The molecule has 0 unspecified atom stereocenters. The summed E-state index contributed by atoms with van der Waals surface area (Å²) in [4.78, 5) is 33.5. The first-order valence-electron chi connectivity index (χ1n) is 14.4. The molecule has 0 amide bonds. The molecule has 1 saturated heterocycles. The van der Waals surface area contributed by atoms with E-state index in [1.165, 1.54) is 64.2 Å². The third kappa shape index (κ3) is 12.1. The fourth-order valence-electron chi connectivity index (χ4n) is 5.84. The van der Waals surface area contributed by atoms with Gasteiger partial charge in [-0.15, -0.1) is 0 Å². The summed E-state index contributed by atoms with van der Waals surface area (Å²) in [5.41, 5.74) is 10.7. The molecule has 0 saturated carbocycles. The molecule has 3 aliphatic rings. The molecule has 3 heterocycles. The van der Waals surface area contributed by atoms with Crippen LogP contribution < -0.4 is 27.2 Å². The van der Waals surface area contributed by atoms with Gasteiger partial charge in [0.2, 0.25) is 0 Å². The second kappa shape index (κ2) is 19.9. The van der Waals surface area contributed by atoms with E-state index in [1.54, 1.807) is 0 Å². The largest absolute Gasteiger partial charge is 0.554 e. The molecule has 5 atom stereocenters. The first kappa shape index (κ1) is 34.0. The zero-order valence-electron chi connectivity index (χ0n) is 23.7. The number of aliphatic imine (C=N–C) groups is 1. The number of carboxylic acid groups (broad SMARTS) is 2. The van der Waals surface area contributed by atoms with Gasteiger partial charge in [-0.2, -0.15) is 0 Å². The standard InChI is InChI=1S/C25H46N6O2.2CH2O2/c1-3-4-5-6-7-8-9-12-19-17-20-13-14-21-22(18(2)29-25(30-19)31(20)21)23(32)33-16-11-10-15-28-24(26)27;2*2-1-3/h18-22H,3-17H2,1-2H3,(H5,26,27,28,29,30);2*1H,(H,2,3)/t18-,19-,20+,21+,22+;;/m1../s1. The van der Waals surface area contributed by atoms with Crippen molar-refractivity contribution in [3.63, 3.8) is 0 Å². The lowest BCUT2D eigenvalue weighted by molar-refractivity contribution is -0.598. The quantitative estimate of drug-likeness (QED) is 0.0508. The van der Waals surface area contributed by atoms with Crippen LogP contribution in [0.15, 0.2) is 4.99 Å². The van der Waals surface area contributed by atoms with E-state index in [4.69, 9.17) is 36.0 Å². The summed E-state index contributed by atoms with van der Waals surface area (Å²) in [5, 5.41) is 22.5. The Bertz CT molecular complexity index is 783. The molecule has 7 N–H and O–H groups in total. The third-order valence-corrected chi connectivity index (χ3v) is 7.54. The second-order valence-electron chi connectivity index (χ2n) is 10.4. The normalized spacial score (nSPS) is 24.3. The average molecular weight is 555 g/mol. The number of nitrogens with one attached hydrogen (secondary N) is 2. The summed E-state index contributed by atoms with van der Waals surface area (Å²) in [5.74, 6) is 1.05. The van der Waals surface area contributed by atoms with Crippen LogP contribution in [0.5, 0.6) is 0 Å². The molecule has 0 bridgehead atoms. The van der Waals surface area contributed by atoms with Gasteiger partial charge in [0.15, 0.2) is 5.96 Å². The lowest BCUT2D eigenvalue weighted by Crippen LogP contribution is -2.66. The predicted molar refractivity (Wildman–Crippen MR) is 148 cm³/mol. The zero-order chi connectivity index (χ0) is 29.0. The number of rotatable bonds is 14. The predicted octanol–water partition coefficient (Wildman–Crippen LogP) is 0.660. The van der Waals surface area contributed by atoms with Gasteiger partial charge in [-0.1, -0.05) is 51.9 Å². The van der Waals surface area contributed by atoms with Crippen molar-refractivity contribution in [3.8, 4) is 0 Å². The van der Waals surface area contributed by atoms with Crippen LogP contribution in [0.1, 0.15) is 97.3 Å². The van der Waals surface area contributed by atoms with Crippen molar-refractivity contribution < 1.29 is 33.9 Å². The third-order valence-electron chi connectivity index (χ3n) is 7.54. The maximum atomic E-state index is 13.0. The number of carbonyl (C=O) groups excluding carboxylic acids is 2. The van der Waals surface area contributed by atoms with E-state index in [9.17, 15) is 4.79 Å². The molecule has 0 aliphatic carbocycles. The van der Waals surface area contributed by atoms with Crippen LogP contribution in [0.25, 0.3) is 0 Å². The maximum Gasteiger partial charge on any atom is 0.346 e. The van der Waals surface area contributed by atoms with Gasteiger partial charge >= 0.3 is 11.9 Å². The van der Waals surface area contributed by atoms with Crippen LogP contribution in [0.2, 0.25) is 0 Å². The Kier molecular flexibility index (Phi) is 17.4. The van der Waals surface area contributed by atoms with Gasteiger partial charge in [0.05, 0.1) is 30.8 Å². The van der Waals surface area contributed by atoms with Gasteiger partial charge in [0.25, 0.3) is 6.47 Å². The molecule has 0 aromatic heterocycles. The number of unbranched alkanes of at least 4 members (excludes halogenated alkanes) is 7. The molecule has 12 heteroatoms. The van der Waals surface area contributed by atoms with Crippen molar-refractivity contribution in [1.29, 1.82) is 0 Å². The summed E-state index contributed by atoms with van der Waals surface area (Å²) in [6.07, 6.45) is 15.7. The first-order valence-corrected chi connectivity index (χ1v) is 14.4. The van der Waals surface area contributed by atoms with E-state index >= 15 is 0 Å². The van der Waals surface area contributed by atoms with Crippen LogP contribution in [0.4, 0.5) is 0 Å². The Morgan fingerprint density at radius 2 is 1.74 bits per heavy atom. The summed E-state index contributed by atoms with van der Waals surface area (Å²) >= 11 is 0. The summed E-state index contributed by atoms with van der Waals surface area (Å²) in [6.45, 7) is 4.63. The van der Waals surface area contributed by atoms with Crippen molar-refractivity contribution in [3.05, 3.63) is 0 Å². The topological polar surface area (TPSA) is 195 Å². The van der Waals surface area contributed by atoms with Gasteiger partial charge in [-0.3, -0.25) is 29.8 Å². The molecule has 0 aromatic carbocycles. The van der Waals surface area contributed by atoms with Crippen LogP contribution in [-0.2, 0) is 19.1 Å². The fraction of sp³-hybridized carbons (Fsp3) is 0.815. The molecule has 0 radical (unpaired) electrons. The maximum absolute atomic E-state index is 13.0. The highest BCUT2D eigenvalue weighted by Gasteiger charge is 2.52. The highest BCUT2D eigenvalue weighted by Crippen LogP contribution is 2.35. The van der Waals surface area contributed by atoms with Gasteiger partial charge in [0, 0.05) is 19.4 Å². The van der Waals surface area contributed by atoms with Crippen molar-refractivity contribution in [2.75, 3.05) is 13.2 Å². The van der Waals surface area contributed by atoms with E-state index in [0.717, 1.165) is 25.2 Å².